The van der Waals surface area contributed by atoms with Crippen LogP contribution in [0.4, 0.5) is 0 Å². The van der Waals surface area contributed by atoms with Gasteiger partial charge in [0.05, 0.1) is 6.61 Å². The monoisotopic (exact) mass is 211 g/mol. The summed E-state index contributed by atoms with van der Waals surface area (Å²) in [4.78, 5) is 0. The van der Waals surface area contributed by atoms with E-state index in [1.165, 1.54) is 0 Å². The number of ether oxygens (including phenoxy) is 1. The molecule has 4 nitrogen and oxygen atoms in total. The van der Waals surface area contributed by atoms with E-state index in [0.29, 0.717) is 24.3 Å². The first-order chi connectivity index (χ1) is 7.20. The molecule has 0 aromatic heterocycles. The summed E-state index contributed by atoms with van der Waals surface area (Å²) < 4.78 is 5.24. The van der Waals surface area contributed by atoms with Crippen molar-refractivity contribution in [1.82, 2.24) is 0 Å². The fourth-order valence-corrected chi connectivity index (χ4v) is 1.41. The quantitative estimate of drug-likeness (QED) is 0.683. The summed E-state index contributed by atoms with van der Waals surface area (Å²) in [6.45, 7) is 2.34. The summed E-state index contributed by atoms with van der Waals surface area (Å²) in [5.74, 6) is 0.503. The minimum Gasteiger partial charge on any atom is -0.504 e. The maximum Gasteiger partial charge on any atom is 0.162 e. The SMILES string of the molecule is CCOc1cccc([C@@H](N)CCO)c1O. The molecule has 0 aliphatic carbocycles. The van der Waals surface area contributed by atoms with E-state index in [-0.39, 0.29) is 18.4 Å². The summed E-state index contributed by atoms with van der Waals surface area (Å²) in [5.41, 5.74) is 6.40. The number of para-hydroxylation sites is 1. The number of aromatic hydroxyl groups is 1. The third-order valence-corrected chi connectivity index (χ3v) is 2.17. The van der Waals surface area contributed by atoms with Crippen LogP contribution in [-0.4, -0.2) is 23.4 Å². The number of hydrogen-bond acceptors (Lipinski definition) is 4. The maximum absolute atomic E-state index is 9.83. The van der Waals surface area contributed by atoms with E-state index in [1.54, 1.807) is 18.2 Å². The van der Waals surface area contributed by atoms with Gasteiger partial charge in [-0.1, -0.05) is 12.1 Å². The van der Waals surface area contributed by atoms with Gasteiger partial charge in [0.2, 0.25) is 0 Å². The number of phenolic OH excluding ortho intramolecular Hbond substituents is 1. The minimum absolute atomic E-state index is 0.000527. The molecule has 0 bridgehead atoms. The molecular formula is C11H17NO3. The van der Waals surface area contributed by atoms with Crippen molar-refractivity contribution in [2.45, 2.75) is 19.4 Å². The van der Waals surface area contributed by atoms with Crippen LogP contribution in [0.5, 0.6) is 11.5 Å². The van der Waals surface area contributed by atoms with Crippen molar-refractivity contribution >= 4 is 0 Å². The highest BCUT2D eigenvalue weighted by Crippen LogP contribution is 2.33. The molecule has 0 unspecified atom stereocenters. The number of phenols is 1. The van der Waals surface area contributed by atoms with Gasteiger partial charge in [-0.05, 0) is 19.4 Å². The molecule has 1 atom stereocenters. The van der Waals surface area contributed by atoms with E-state index in [1.807, 2.05) is 6.92 Å². The van der Waals surface area contributed by atoms with Crippen molar-refractivity contribution in [2.24, 2.45) is 5.73 Å². The van der Waals surface area contributed by atoms with Gasteiger partial charge in [0.1, 0.15) is 0 Å². The van der Waals surface area contributed by atoms with Crippen molar-refractivity contribution in [3.63, 3.8) is 0 Å². The fourth-order valence-electron chi connectivity index (χ4n) is 1.41. The van der Waals surface area contributed by atoms with Crippen molar-refractivity contribution < 1.29 is 14.9 Å². The smallest absolute Gasteiger partial charge is 0.162 e. The Morgan fingerprint density at radius 3 is 2.80 bits per heavy atom. The van der Waals surface area contributed by atoms with E-state index in [0.717, 1.165) is 0 Å². The van der Waals surface area contributed by atoms with Gasteiger partial charge >= 0.3 is 0 Å². The molecule has 4 N–H and O–H groups in total. The molecule has 0 spiro atoms. The first kappa shape index (κ1) is 11.8. The van der Waals surface area contributed by atoms with Gasteiger partial charge in [0.15, 0.2) is 11.5 Å². The maximum atomic E-state index is 9.83. The summed E-state index contributed by atoms with van der Waals surface area (Å²) in [7, 11) is 0. The molecule has 15 heavy (non-hydrogen) atoms. The molecule has 1 aromatic rings. The molecule has 0 saturated carbocycles. The Labute approximate surface area is 89.3 Å². The largest absolute Gasteiger partial charge is 0.504 e. The third kappa shape index (κ3) is 2.84. The lowest BCUT2D eigenvalue weighted by molar-refractivity contribution is 0.274. The van der Waals surface area contributed by atoms with E-state index >= 15 is 0 Å². The van der Waals surface area contributed by atoms with E-state index in [4.69, 9.17) is 15.6 Å². The molecule has 0 aliphatic rings. The van der Waals surface area contributed by atoms with Crippen LogP contribution in [0, 0.1) is 0 Å². The topological polar surface area (TPSA) is 75.7 Å². The van der Waals surface area contributed by atoms with Gasteiger partial charge in [-0.25, -0.2) is 0 Å². The molecule has 4 heteroatoms. The van der Waals surface area contributed by atoms with Gasteiger partial charge in [-0.2, -0.15) is 0 Å². The van der Waals surface area contributed by atoms with Crippen molar-refractivity contribution in [3.8, 4) is 11.5 Å². The van der Waals surface area contributed by atoms with E-state index in [2.05, 4.69) is 0 Å². The van der Waals surface area contributed by atoms with Crippen molar-refractivity contribution in [3.05, 3.63) is 23.8 Å². The van der Waals surface area contributed by atoms with Crippen LogP contribution in [0.15, 0.2) is 18.2 Å². The normalized spacial score (nSPS) is 12.5. The molecule has 84 valence electrons. The molecule has 1 rings (SSSR count). The average Bonchev–Trinajstić information content (AvgIpc) is 2.22. The molecule has 0 aliphatic heterocycles. The second-order valence-corrected chi connectivity index (χ2v) is 3.25. The number of nitrogens with two attached hydrogens (primary N) is 1. The number of aliphatic hydroxyl groups is 1. The van der Waals surface area contributed by atoms with Crippen LogP contribution in [0.1, 0.15) is 24.9 Å². The first-order valence-corrected chi connectivity index (χ1v) is 5.01. The van der Waals surface area contributed by atoms with Crippen LogP contribution < -0.4 is 10.5 Å². The van der Waals surface area contributed by atoms with Crippen LogP contribution in [0.3, 0.4) is 0 Å². The van der Waals surface area contributed by atoms with E-state index in [9.17, 15) is 5.11 Å². The van der Waals surface area contributed by atoms with Gasteiger partial charge in [-0.3, -0.25) is 0 Å². The lowest BCUT2D eigenvalue weighted by Gasteiger charge is -2.14. The zero-order valence-corrected chi connectivity index (χ0v) is 8.81. The Bertz CT molecular complexity index is 315. The third-order valence-electron chi connectivity index (χ3n) is 2.17. The molecule has 1 aromatic carbocycles. The Hall–Kier alpha value is -1.26. The zero-order valence-electron chi connectivity index (χ0n) is 8.81. The number of benzene rings is 1. The predicted octanol–water partition coefficient (Wildman–Crippen LogP) is 1.17. The van der Waals surface area contributed by atoms with Crippen molar-refractivity contribution in [2.75, 3.05) is 13.2 Å². The second-order valence-electron chi connectivity index (χ2n) is 3.25. The molecule has 0 heterocycles. The lowest BCUT2D eigenvalue weighted by atomic mass is 10.0. The predicted molar refractivity (Wildman–Crippen MR) is 57.9 cm³/mol. The Kier molecular flexibility index (Phi) is 4.39. The zero-order chi connectivity index (χ0) is 11.3. The highest BCUT2D eigenvalue weighted by molar-refractivity contribution is 5.46. The second kappa shape index (κ2) is 5.58. The minimum atomic E-state index is -0.365. The molecular weight excluding hydrogens is 194 g/mol. The Morgan fingerprint density at radius 1 is 1.47 bits per heavy atom. The molecule has 0 amide bonds. The summed E-state index contributed by atoms with van der Waals surface area (Å²) in [5, 5.41) is 18.6. The highest BCUT2D eigenvalue weighted by Gasteiger charge is 2.13. The van der Waals surface area contributed by atoms with Crippen LogP contribution in [0.25, 0.3) is 0 Å². The van der Waals surface area contributed by atoms with Crippen LogP contribution >= 0.6 is 0 Å². The lowest BCUT2D eigenvalue weighted by Crippen LogP contribution is -2.12. The van der Waals surface area contributed by atoms with Crippen LogP contribution in [-0.2, 0) is 0 Å². The molecule has 0 radical (unpaired) electrons. The summed E-state index contributed by atoms with van der Waals surface area (Å²) in [6, 6.07) is 4.83. The van der Waals surface area contributed by atoms with E-state index < -0.39 is 0 Å². The summed E-state index contributed by atoms with van der Waals surface area (Å²) in [6.07, 6.45) is 0.420. The number of hydrogen-bond donors (Lipinski definition) is 3. The Morgan fingerprint density at radius 2 is 2.20 bits per heavy atom. The highest BCUT2D eigenvalue weighted by atomic mass is 16.5. The van der Waals surface area contributed by atoms with Gasteiger partial charge in [-0.15, -0.1) is 0 Å². The molecule has 0 saturated heterocycles. The van der Waals surface area contributed by atoms with Crippen LogP contribution in [0.2, 0.25) is 0 Å². The molecule has 0 fully saturated rings. The Balaban J connectivity index is 2.92. The average molecular weight is 211 g/mol. The van der Waals surface area contributed by atoms with Gasteiger partial charge in [0.25, 0.3) is 0 Å². The van der Waals surface area contributed by atoms with Gasteiger partial charge in [0, 0.05) is 18.2 Å². The summed E-state index contributed by atoms with van der Waals surface area (Å²) >= 11 is 0. The standard InChI is InChI=1S/C11H17NO3/c1-2-15-10-5-3-4-8(11(10)14)9(12)6-7-13/h3-5,9,13-14H,2,6-7,12H2,1H3/t9-/m0/s1. The fraction of sp³-hybridized carbons (Fsp3) is 0.455. The first-order valence-electron chi connectivity index (χ1n) is 5.01. The number of rotatable bonds is 5. The van der Waals surface area contributed by atoms with Crippen molar-refractivity contribution in [1.29, 1.82) is 0 Å². The number of aliphatic hydroxyl groups excluding tert-OH is 1. The van der Waals surface area contributed by atoms with Gasteiger partial charge < -0.3 is 20.7 Å².